The number of hydrogen-bond donors (Lipinski definition) is 1. The van der Waals surface area contributed by atoms with Gasteiger partial charge in [0.15, 0.2) is 0 Å². The highest BCUT2D eigenvalue weighted by molar-refractivity contribution is 6.30. The minimum Gasteiger partial charge on any atom is -0.311 e. The Labute approximate surface area is 110 Å². The normalized spacial score (nSPS) is 12.4. The summed E-state index contributed by atoms with van der Waals surface area (Å²) in [6.07, 6.45) is 5.67. The number of halogens is 2. The fraction of sp³-hybridized carbons (Fsp3) is 0.231. The maximum absolute atomic E-state index is 13.1. The van der Waals surface area contributed by atoms with Crippen molar-refractivity contribution in [2.24, 2.45) is 0 Å². The summed E-state index contributed by atoms with van der Waals surface area (Å²) in [5.41, 5.74) is 1.80. The number of nitrogens with zero attached hydrogens (tertiary/aromatic N) is 2. The fourth-order valence-electron chi connectivity index (χ4n) is 1.75. The topological polar surface area (TPSA) is 37.8 Å². The van der Waals surface area contributed by atoms with Crippen LogP contribution in [0, 0.1) is 5.82 Å². The first-order valence-electron chi connectivity index (χ1n) is 5.58. The maximum atomic E-state index is 13.1. The minimum atomic E-state index is -0.402. The minimum absolute atomic E-state index is 0.0280. The van der Waals surface area contributed by atoms with E-state index < -0.39 is 5.82 Å². The summed E-state index contributed by atoms with van der Waals surface area (Å²) in [4.78, 5) is 8.29. The first kappa shape index (κ1) is 12.9. The van der Waals surface area contributed by atoms with Crippen molar-refractivity contribution in [1.82, 2.24) is 15.3 Å². The second-order valence-electron chi connectivity index (χ2n) is 3.92. The van der Waals surface area contributed by atoms with E-state index in [2.05, 4.69) is 15.3 Å². The zero-order chi connectivity index (χ0) is 13.0. The molecular formula is C13H13ClFN3. The second kappa shape index (κ2) is 5.89. The largest absolute Gasteiger partial charge is 0.311 e. The molecule has 0 aliphatic rings. The molecule has 2 aromatic rings. The molecule has 18 heavy (non-hydrogen) atoms. The third-order valence-electron chi connectivity index (χ3n) is 2.71. The van der Waals surface area contributed by atoms with Crippen LogP contribution in [0.3, 0.4) is 0 Å². The van der Waals surface area contributed by atoms with Gasteiger partial charge < -0.3 is 5.32 Å². The zero-order valence-corrected chi connectivity index (χ0v) is 10.7. The fourth-order valence-corrected chi connectivity index (χ4v) is 1.95. The van der Waals surface area contributed by atoms with Gasteiger partial charge in [0, 0.05) is 18.6 Å². The molecule has 0 aliphatic heterocycles. The van der Waals surface area contributed by atoms with Crippen molar-refractivity contribution in [2.75, 3.05) is 7.05 Å². The van der Waals surface area contributed by atoms with Crippen molar-refractivity contribution in [1.29, 1.82) is 0 Å². The van der Waals surface area contributed by atoms with Gasteiger partial charge in [-0.05, 0) is 31.2 Å². The number of aromatic nitrogens is 2. The van der Waals surface area contributed by atoms with Crippen molar-refractivity contribution in [3.05, 3.63) is 58.9 Å². The lowest BCUT2D eigenvalue weighted by Crippen LogP contribution is -2.20. The highest BCUT2D eigenvalue weighted by Crippen LogP contribution is 2.20. The van der Waals surface area contributed by atoms with E-state index in [4.69, 9.17) is 11.6 Å². The lowest BCUT2D eigenvalue weighted by atomic mass is 10.0. The monoisotopic (exact) mass is 265 g/mol. The Morgan fingerprint density at radius 2 is 2.22 bits per heavy atom. The van der Waals surface area contributed by atoms with Crippen LogP contribution in [0.25, 0.3) is 0 Å². The molecule has 2 rings (SSSR count). The van der Waals surface area contributed by atoms with Gasteiger partial charge in [-0.3, -0.25) is 9.97 Å². The Kier molecular flexibility index (Phi) is 4.23. The summed E-state index contributed by atoms with van der Waals surface area (Å²) < 4.78 is 13.1. The van der Waals surface area contributed by atoms with Crippen LogP contribution in [0.2, 0.25) is 5.02 Å². The van der Waals surface area contributed by atoms with Crippen LogP contribution in [-0.2, 0) is 6.42 Å². The number of rotatable bonds is 4. The number of hydrogen-bond acceptors (Lipinski definition) is 3. The lowest BCUT2D eigenvalue weighted by molar-refractivity contribution is 0.571. The van der Waals surface area contributed by atoms with Gasteiger partial charge in [-0.15, -0.1) is 0 Å². The summed E-state index contributed by atoms with van der Waals surface area (Å²) in [5, 5.41) is 3.30. The first-order valence-corrected chi connectivity index (χ1v) is 5.95. The van der Waals surface area contributed by atoms with Gasteiger partial charge in [0.25, 0.3) is 0 Å². The van der Waals surface area contributed by atoms with Crippen molar-refractivity contribution < 1.29 is 4.39 Å². The van der Waals surface area contributed by atoms with Crippen LogP contribution in [0.5, 0.6) is 0 Å². The molecule has 5 heteroatoms. The van der Waals surface area contributed by atoms with E-state index in [0.29, 0.717) is 6.42 Å². The summed E-state index contributed by atoms with van der Waals surface area (Å²) in [6, 6.07) is 4.76. The average Bonchev–Trinajstić information content (AvgIpc) is 2.41. The Bertz CT molecular complexity index is 519. The second-order valence-corrected chi connectivity index (χ2v) is 4.33. The highest BCUT2D eigenvalue weighted by Gasteiger charge is 2.12. The molecule has 1 aromatic heterocycles. The first-order chi connectivity index (χ1) is 8.70. The zero-order valence-electron chi connectivity index (χ0n) is 9.90. The van der Waals surface area contributed by atoms with E-state index in [0.717, 1.165) is 11.3 Å². The molecule has 1 unspecified atom stereocenters. The van der Waals surface area contributed by atoms with E-state index in [1.165, 1.54) is 6.07 Å². The molecule has 94 valence electrons. The molecule has 1 aromatic carbocycles. The van der Waals surface area contributed by atoms with Crippen LogP contribution < -0.4 is 5.32 Å². The smallest absolute Gasteiger partial charge is 0.141 e. The van der Waals surface area contributed by atoms with E-state index in [1.807, 2.05) is 7.05 Å². The quantitative estimate of drug-likeness (QED) is 0.924. The summed E-state index contributed by atoms with van der Waals surface area (Å²) in [6.45, 7) is 0. The molecule has 1 heterocycles. The van der Waals surface area contributed by atoms with Gasteiger partial charge in [0.05, 0.1) is 16.8 Å². The third kappa shape index (κ3) is 3.03. The molecule has 0 saturated carbocycles. The molecule has 0 bridgehead atoms. The van der Waals surface area contributed by atoms with Crippen LogP contribution in [0.1, 0.15) is 17.3 Å². The van der Waals surface area contributed by atoms with Gasteiger partial charge in [0.1, 0.15) is 5.82 Å². The van der Waals surface area contributed by atoms with Crippen LogP contribution in [0.4, 0.5) is 4.39 Å². The van der Waals surface area contributed by atoms with Crippen molar-refractivity contribution in [3.8, 4) is 0 Å². The standard InChI is InChI=1S/C13H13ClFN3/c1-16-12(13-8-17-4-5-18-13)7-9-2-3-11(15)10(14)6-9/h2-6,8,12,16H,7H2,1H3. The predicted octanol–water partition coefficient (Wildman–Crippen LogP) is 2.77. The molecule has 0 amide bonds. The Morgan fingerprint density at radius 3 is 2.83 bits per heavy atom. The molecule has 1 N–H and O–H groups in total. The SMILES string of the molecule is CNC(Cc1ccc(F)c(Cl)c1)c1cnccn1. The molecule has 3 nitrogen and oxygen atoms in total. The highest BCUT2D eigenvalue weighted by atomic mass is 35.5. The van der Waals surface area contributed by atoms with Gasteiger partial charge in [0.2, 0.25) is 0 Å². The van der Waals surface area contributed by atoms with Crippen LogP contribution >= 0.6 is 11.6 Å². The number of likely N-dealkylation sites (N-methyl/N-ethyl adjacent to an activating group) is 1. The Balaban J connectivity index is 2.18. The average molecular weight is 266 g/mol. The summed E-state index contributed by atoms with van der Waals surface area (Å²) in [7, 11) is 1.85. The number of benzene rings is 1. The molecule has 0 saturated heterocycles. The molecule has 0 spiro atoms. The third-order valence-corrected chi connectivity index (χ3v) is 3.00. The lowest BCUT2D eigenvalue weighted by Gasteiger charge is -2.15. The molecule has 0 fully saturated rings. The summed E-state index contributed by atoms with van der Waals surface area (Å²) in [5.74, 6) is -0.402. The molecule has 0 radical (unpaired) electrons. The van der Waals surface area contributed by atoms with E-state index in [1.54, 1.807) is 30.7 Å². The number of nitrogens with one attached hydrogen (secondary N) is 1. The van der Waals surface area contributed by atoms with E-state index in [-0.39, 0.29) is 11.1 Å². The molecular weight excluding hydrogens is 253 g/mol. The van der Waals surface area contributed by atoms with E-state index >= 15 is 0 Å². The predicted molar refractivity (Wildman–Crippen MR) is 68.9 cm³/mol. The summed E-state index contributed by atoms with van der Waals surface area (Å²) >= 11 is 5.76. The van der Waals surface area contributed by atoms with Crippen LogP contribution in [-0.4, -0.2) is 17.0 Å². The van der Waals surface area contributed by atoms with Crippen LogP contribution in [0.15, 0.2) is 36.8 Å². The molecule has 1 atom stereocenters. The van der Waals surface area contributed by atoms with Crippen molar-refractivity contribution in [3.63, 3.8) is 0 Å². The van der Waals surface area contributed by atoms with Gasteiger partial charge in [-0.2, -0.15) is 0 Å². The van der Waals surface area contributed by atoms with E-state index in [9.17, 15) is 4.39 Å². The Morgan fingerprint density at radius 1 is 1.39 bits per heavy atom. The van der Waals surface area contributed by atoms with Crippen molar-refractivity contribution >= 4 is 11.6 Å². The Hall–Kier alpha value is -1.52. The maximum Gasteiger partial charge on any atom is 0.141 e. The molecule has 0 aliphatic carbocycles. The van der Waals surface area contributed by atoms with Crippen molar-refractivity contribution in [2.45, 2.75) is 12.5 Å². The van der Waals surface area contributed by atoms with Gasteiger partial charge >= 0.3 is 0 Å². The van der Waals surface area contributed by atoms with Gasteiger partial charge in [-0.25, -0.2) is 4.39 Å². The van der Waals surface area contributed by atoms with Gasteiger partial charge in [-0.1, -0.05) is 17.7 Å².